The van der Waals surface area contributed by atoms with Crippen LogP contribution >= 0.6 is 0 Å². The van der Waals surface area contributed by atoms with Gasteiger partial charge in [0.2, 0.25) is 0 Å². The Hall–Kier alpha value is -2.41. The molecule has 2 saturated heterocycles. The number of amides is 1. The molecule has 2 bridgehead atoms. The number of morpholine rings is 1. The van der Waals surface area contributed by atoms with E-state index in [1.165, 1.54) is 22.3 Å². The molecular formula is C25H29NO5. The van der Waals surface area contributed by atoms with Crippen LogP contribution in [0, 0.1) is 5.92 Å². The first-order chi connectivity index (χ1) is 15.1. The number of hydrogen-bond acceptors (Lipinski definition) is 5. The molecule has 1 aliphatic carbocycles. The summed E-state index contributed by atoms with van der Waals surface area (Å²) < 4.78 is 17.7. The van der Waals surface area contributed by atoms with E-state index in [9.17, 15) is 9.90 Å². The monoisotopic (exact) mass is 423 g/mol. The quantitative estimate of drug-likeness (QED) is 0.793. The first-order valence-electron chi connectivity index (χ1n) is 11.1. The molecular weight excluding hydrogens is 394 g/mol. The molecule has 0 radical (unpaired) electrons. The van der Waals surface area contributed by atoms with Gasteiger partial charge in [-0.1, -0.05) is 62.4 Å². The van der Waals surface area contributed by atoms with Gasteiger partial charge >= 0.3 is 6.09 Å². The predicted molar refractivity (Wildman–Crippen MR) is 116 cm³/mol. The molecule has 31 heavy (non-hydrogen) atoms. The minimum atomic E-state index is -0.515. The maximum absolute atomic E-state index is 13.2. The first kappa shape index (κ1) is 20.5. The molecule has 3 aliphatic rings. The molecule has 2 aliphatic heterocycles. The summed E-state index contributed by atoms with van der Waals surface area (Å²) in [5, 5.41) is 9.60. The molecule has 6 nitrogen and oxygen atoms in total. The Morgan fingerprint density at radius 3 is 2.35 bits per heavy atom. The van der Waals surface area contributed by atoms with Crippen LogP contribution in [-0.4, -0.2) is 60.4 Å². The molecule has 5 rings (SSSR count). The number of carbonyl (C=O) groups is 1. The minimum absolute atomic E-state index is 0.0269. The van der Waals surface area contributed by atoms with Crippen LogP contribution in [0.3, 0.4) is 0 Å². The summed E-state index contributed by atoms with van der Waals surface area (Å²) in [7, 11) is 0. The lowest BCUT2D eigenvalue weighted by molar-refractivity contribution is -0.145. The Morgan fingerprint density at radius 1 is 1.10 bits per heavy atom. The number of carbonyl (C=O) groups excluding carboxylic acids is 1. The zero-order chi connectivity index (χ0) is 21.5. The zero-order valence-corrected chi connectivity index (χ0v) is 17.9. The molecule has 0 aromatic heterocycles. The molecule has 164 valence electrons. The van der Waals surface area contributed by atoms with Crippen LogP contribution in [0.1, 0.15) is 37.3 Å². The van der Waals surface area contributed by atoms with Crippen molar-refractivity contribution < 1.29 is 24.1 Å². The Balaban J connectivity index is 1.34. The fourth-order valence-corrected chi connectivity index (χ4v) is 5.14. The van der Waals surface area contributed by atoms with E-state index in [1.54, 1.807) is 4.90 Å². The fraction of sp³-hybridized carbons (Fsp3) is 0.480. The van der Waals surface area contributed by atoms with Crippen molar-refractivity contribution in [2.45, 2.75) is 50.7 Å². The molecule has 6 heteroatoms. The van der Waals surface area contributed by atoms with Gasteiger partial charge in [-0.25, -0.2) is 4.79 Å². The van der Waals surface area contributed by atoms with E-state index in [4.69, 9.17) is 14.2 Å². The highest BCUT2D eigenvalue weighted by Crippen LogP contribution is 2.44. The smallest absolute Gasteiger partial charge is 0.410 e. The lowest BCUT2D eigenvalue weighted by Gasteiger charge is -2.39. The highest BCUT2D eigenvalue weighted by molar-refractivity contribution is 5.79. The Kier molecular flexibility index (Phi) is 5.46. The van der Waals surface area contributed by atoms with Gasteiger partial charge in [-0.15, -0.1) is 0 Å². The summed E-state index contributed by atoms with van der Waals surface area (Å²) in [5.41, 5.74) is 4.81. The van der Waals surface area contributed by atoms with Crippen molar-refractivity contribution in [3.8, 4) is 11.1 Å². The number of benzene rings is 2. The average molecular weight is 424 g/mol. The van der Waals surface area contributed by atoms with Crippen molar-refractivity contribution in [2.24, 2.45) is 5.92 Å². The minimum Gasteiger partial charge on any atom is -0.448 e. The van der Waals surface area contributed by atoms with Gasteiger partial charge in [0.1, 0.15) is 18.8 Å². The van der Waals surface area contributed by atoms with Crippen molar-refractivity contribution in [2.75, 3.05) is 19.8 Å². The third-order valence-electron chi connectivity index (χ3n) is 6.59. The number of rotatable bonds is 5. The molecule has 0 spiro atoms. The number of nitrogens with zero attached hydrogens (tertiary/aromatic N) is 1. The second-order valence-corrected chi connectivity index (χ2v) is 9.05. The Morgan fingerprint density at radius 2 is 1.74 bits per heavy atom. The first-order valence-corrected chi connectivity index (χ1v) is 11.1. The number of ether oxygens (including phenoxy) is 3. The molecule has 2 aromatic carbocycles. The van der Waals surface area contributed by atoms with E-state index in [2.05, 4.69) is 38.1 Å². The highest BCUT2D eigenvalue weighted by Gasteiger charge is 2.50. The lowest BCUT2D eigenvalue weighted by Crippen LogP contribution is -2.55. The van der Waals surface area contributed by atoms with Crippen LogP contribution < -0.4 is 0 Å². The van der Waals surface area contributed by atoms with Gasteiger partial charge in [0.15, 0.2) is 6.29 Å². The topological polar surface area (TPSA) is 68.2 Å². The molecule has 1 amide bonds. The van der Waals surface area contributed by atoms with Gasteiger partial charge in [0.25, 0.3) is 0 Å². The standard InChI is InChI=1S/C25H29NO5/c1-15(2)11-21-24-30-22(23(13-27)31-24)12-26(21)25(28)29-14-20-18-9-5-3-7-16(18)17-8-4-6-10-19(17)20/h3-10,15,20-24,27H,11-14H2,1-2H3/t21-,22-,23+,24-/m0/s1. The van der Waals surface area contributed by atoms with Gasteiger partial charge in [-0.3, -0.25) is 4.90 Å². The van der Waals surface area contributed by atoms with Gasteiger partial charge in [-0.2, -0.15) is 0 Å². The molecule has 2 aromatic rings. The normalized spacial score (nSPS) is 26.8. The predicted octanol–water partition coefficient (Wildman–Crippen LogP) is 3.77. The molecule has 4 atom stereocenters. The summed E-state index contributed by atoms with van der Waals surface area (Å²) >= 11 is 0. The van der Waals surface area contributed by atoms with Crippen LogP contribution in [0.2, 0.25) is 0 Å². The van der Waals surface area contributed by atoms with Crippen molar-refractivity contribution in [1.29, 1.82) is 0 Å². The van der Waals surface area contributed by atoms with E-state index in [1.807, 2.05) is 24.3 Å². The van der Waals surface area contributed by atoms with Crippen molar-refractivity contribution >= 4 is 6.09 Å². The largest absolute Gasteiger partial charge is 0.448 e. The maximum Gasteiger partial charge on any atom is 0.410 e. The van der Waals surface area contributed by atoms with Gasteiger partial charge in [-0.05, 0) is 34.6 Å². The molecule has 1 N–H and O–H groups in total. The van der Waals surface area contributed by atoms with Crippen LogP contribution in [-0.2, 0) is 14.2 Å². The number of hydrogen-bond donors (Lipinski definition) is 1. The molecule has 0 saturated carbocycles. The second-order valence-electron chi connectivity index (χ2n) is 9.05. The van der Waals surface area contributed by atoms with Gasteiger partial charge in [0.05, 0.1) is 19.2 Å². The zero-order valence-electron chi connectivity index (χ0n) is 17.9. The Bertz CT molecular complexity index is 915. The third-order valence-corrected chi connectivity index (χ3v) is 6.59. The van der Waals surface area contributed by atoms with Crippen molar-refractivity contribution in [3.63, 3.8) is 0 Å². The highest BCUT2D eigenvalue weighted by atomic mass is 16.7. The summed E-state index contributed by atoms with van der Waals surface area (Å²) in [4.78, 5) is 15.0. The summed E-state index contributed by atoms with van der Waals surface area (Å²) in [6.45, 7) is 4.77. The number of aliphatic hydroxyl groups excluding tert-OH is 1. The number of aliphatic hydroxyl groups is 1. The molecule has 2 heterocycles. The van der Waals surface area contributed by atoms with Crippen molar-refractivity contribution in [3.05, 3.63) is 59.7 Å². The fourth-order valence-electron chi connectivity index (χ4n) is 5.14. The van der Waals surface area contributed by atoms with Crippen molar-refractivity contribution in [1.82, 2.24) is 4.90 Å². The van der Waals surface area contributed by atoms with Gasteiger partial charge < -0.3 is 19.3 Å². The van der Waals surface area contributed by atoms with E-state index in [-0.39, 0.29) is 37.4 Å². The maximum atomic E-state index is 13.2. The van der Waals surface area contributed by atoms with Crippen LogP contribution in [0.4, 0.5) is 4.79 Å². The molecule has 2 fully saturated rings. The van der Waals surface area contributed by atoms with Crippen LogP contribution in [0.5, 0.6) is 0 Å². The Labute approximate surface area is 182 Å². The summed E-state index contributed by atoms with van der Waals surface area (Å²) in [5.74, 6) is 0.393. The third kappa shape index (κ3) is 3.63. The number of fused-ring (bicyclic) bond motifs is 5. The SMILES string of the molecule is CC(C)C[C@H]1[C@H]2O[C@@H](CN1C(=O)OCC1c3ccccc3-c3ccccc31)[C@@H](CO)O2. The average Bonchev–Trinajstić information content (AvgIpc) is 3.29. The van der Waals surface area contributed by atoms with Crippen LogP contribution in [0.25, 0.3) is 11.1 Å². The van der Waals surface area contributed by atoms with E-state index in [0.29, 0.717) is 12.5 Å². The van der Waals surface area contributed by atoms with E-state index >= 15 is 0 Å². The molecule has 0 unspecified atom stereocenters. The summed E-state index contributed by atoms with van der Waals surface area (Å²) in [6, 6.07) is 16.4. The van der Waals surface area contributed by atoms with Gasteiger partial charge in [0, 0.05) is 5.92 Å². The summed E-state index contributed by atoms with van der Waals surface area (Å²) in [6.07, 6.45) is -0.823. The van der Waals surface area contributed by atoms with Crippen LogP contribution in [0.15, 0.2) is 48.5 Å². The van der Waals surface area contributed by atoms with E-state index < -0.39 is 12.4 Å². The van der Waals surface area contributed by atoms with E-state index in [0.717, 1.165) is 6.42 Å². The second kappa shape index (κ2) is 8.26. The lowest BCUT2D eigenvalue weighted by atomic mass is 9.98.